The zero-order chi connectivity index (χ0) is 15.2. The van der Waals surface area contributed by atoms with Gasteiger partial charge >= 0.3 is 0 Å². The van der Waals surface area contributed by atoms with Crippen molar-refractivity contribution in [2.24, 2.45) is 5.92 Å². The molecule has 0 aromatic rings. The van der Waals surface area contributed by atoms with Crippen molar-refractivity contribution in [3.8, 4) is 0 Å². The lowest BCUT2D eigenvalue weighted by Crippen LogP contribution is -2.49. The van der Waals surface area contributed by atoms with E-state index in [9.17, 15) is 9.90 Å². The van der Waals surface area contributed by atoms with E-state index in [-0.39, 0.29) is 5.91 Å². The van der Waals surface area contributed by atoms with Crippen LogP contribution in [0.5, 0.6) is 0 Å². The summed E-state index contributed by atoms with van der Waals surface area (Å²) in [5, 5.41) is 10.7. The summed E-state index contributed by atoms with van der Waals surface area (Å²) in [6.45, 7) is 4.38. The van der Waals surface area contributed by atoms with Crippen molar-refractivity contribution in [3.63, 3.8) is 0 Å². The van der Waals surface area contributed by atoms with Crippen LogP contribution in [0.3, 0.4) is 0 Å². The Balaban J connectivity index is 2.56. The summed E-state index contributed by atoms with van der Waals surface area (Å²) in [5.41, 5.74) is -0.646. The summed E-state index contributed by atoms with van der Waals surface area (Å²) in [6, 6.07) is 0. The lowest BCUT2D eigenvalue weighted by Gasteiger charge is -2.38. The molecule has 0 saturated heterocycles. The smallest absolute Gasteiger partial charge is 0.236 e. The summed E-state index contributed by atoms with van der Waals surface area (Å²) >= 11 is 0. The molecule has 1 rings (SSSR count). The van der Waals surface area contributed by atoms with E-state index in [2.05, 4.69) is 6.92 Å². The van der Waals surface area contributed by atoms with Crippen molar-refractivity contribution in [3.05, 3.63) is 0 Å². The highest BCUT2D eigenvalue weighted by atomic mass is 16.5. The van der Waals surface area contributed by atoms with Crippen molar-refractivity contribution in [2.75, 3.05) is 47.4 Å². The highest BCUT2D eigenvalue weighted by Gasteiger charge is 2.34. The molecule has 0 heterocycles. The van der Waals surface area contributed by atoms with Gasteiger partial charge < -0.3 is 14.7 Å². The largest absolute Gasteiger partial charge is 0.389 e. The molecule has 0 radical (unpaired) electrons. The second kappa shape index (κ2) is 7.96. The standard InChI is InChI=1S/C15H30N2O3/c1-13-5-7-15(19,8-6-13)12-17(9-10-20-4)11-14(18)16(2)3/h13,19H,5-12H2,1-4H3. The summed E-state index contributed by atoms with van der Waals surface area (Å²) in [5.74, 6) is 0.764. The number of rotatable bonds is 7. The number of nitrogens with zero attached hydrogens (tertiary/aromatic N) is 2. The molecule has 1 amide bonds. The zero-order valence-electron chi connectivity index (χ0n) is 13.4. The number of likely N-dealkylation sites (N-methyl/N-ethyl adjacent to an activating group) is 1. The fraction of sp³-hybridized carbons (Fsp3) is 0.933. The van der Waals surface area contributed by atoms with Gasteiger partial charge in [0, 0.05) is 34.3 Å². The van der Waals surface area contributed by atoms with Crippen LogP contribution >= 0.6 is 0 Å². The van der Waals surface area contributed by atoms with E-state index in [4.69, 9.17) is 4.74 Å². The van der Waals surface area contributed by atoms with Crippen LogP contribution in [0.1, 0.15) is 32.6 Å². The van der Waals surface area contributed by atoms with Gasteiger partial charge in [-0.1, -0.05) is 6.92 Å². The fourth-order valence-electron chi connectivity index (χ4n) is 2.64. The molecule has 0 aromatic carbocycles. The van der Waals surface area contributed by atoms with E-state index >= 15 is 0 Å². The number of aliphatic hydroxyl groups is 1. The van der Waals surface area contributed by atoms with Crippen LogP contribution in [0.2, 0.25) is 0 Å². The Morgan fingerprint density at radius 1 is 1.35 bits per heavy atom. The van der Waals surface area contributed by atoms with E-state index in [1.165, 1.54) is 0 Å². The molecular weight excluding hydrogens is 256 g/mol. The third kappa shape index (κ3) is 5.77. The Morgan fingerprint density at radius 2 is 1.95 bits per heavy atom. The van der Waals surface area contributed by atoms with E-state index in [0.29, 0.717) is 32.2 Å². The molecular formula is C15H30N2O3. The highest BCUT2D eigenvalue weighted by molar-refractivity contribution is 5.77. The van der Waals surface area contributed by atoms with Crippen LogP contribution in [-0.4, -0.2) is 73.9 Å². The number of hydrogen-bond donors (Lipinski definition) is 1. The molecule has 1 aliphatic rings. The van der Waals surface area contributed by atoms with E-state index in [1.54, 1.807) is 26.1 Å². The van der Waals surface area contributed by atoms with Crippen LogP contribution in [0.15, 0.2) is 0 Å². The van der Waals surface area contributed by atoms with E-state index in [0.717, 1.165) is 25.7 Å². The predicted molar refractivity (Wildman–Crippen MR) is 79.6 cm³/mol. The Labute approximate surface area is 122 Å². The minimum atomic E-state index is -0.646. The Hall–Kier alpha value is -0.650. The van der Waals surface area contributed by atoms with Crippen molar-refractivity contribution in [1.29, 1.82) is 0 Å². The predicted octanol–water partition coefficient (Wildman–Crippen LogP) is 0.964. The van der Waals surface area contributed by atoms with Gasteiger partial charge in [-0.15, -0.1) is 0 Å². The summed E-state index contributed by atoms with van der Waals surface area (Å²) in [6.07, 6.45) is 3.79. The number of methoxy groups -OCH3 is 1. The molecule has 20 heavy (non-hydrogen) atoms. The highest BCUT2D eigenvalue weighted by Crippen LogP contribution is 2.32. The summed E-state index contributed by atoms with van der Waals surface area (Å²) < 4.78 is 5.11. The van der Waals surface area contributed by atoms with Gasteiger partial charge in [-0.05, 0) is 31.6 Å². The van der Waals surface area contributed by atoms with Crippen LogP contribution < -0.4 is 0 Å². The van der Waals surface area contributed by atoms with Gasteiger partial charge in [-0.2, -0.15) is 0 Å². The number of hydrogen-bond acceptors (Lipinski definition) is 4. The first-order chi connectivity index (χ1) is 9.36. The number of ether oxygens (including phenoxy) is 1. The second-order valence-electron chi connectivity index (χ2n) is 6.40. The normalized spacial score (nSPS) is 26.8. The summed E-state index contributed by atoms with van der Waals surface area (Å²) in [7, 11) is 5.17. The first-order valence-electron chi connectivity index (χ1n) is 7.50. The number of carbonyl (C=O) groups is 1. The molecule has 5 nitrogen and oxygen atoms in total. The maximum atomic E-state index is 11.9. The minimum Gasteiger partial charge on any atom is -0.389 e. The third-order valence-corrected chi connectivity index (χ3v) is 4.19. The van der Waals surface area contributed by atoms with Crippen LogP contribution in [0, 0.1) is 5.92 Å². The molecule has 1 fully saturated rings. The molecule has 0 atom stereocenters. The van der Waals surface area contributed by atoms with Crippen LogP contribution in [-0.2, 0) is 9.53 Å². The maximum absolute atomic E-state index is 11.9. The first kappa shape index (κ1) is 17.4. The first-order valence-corrected chi connectivity index (χ1v) is 7.50. The van der Waals surface area contributed by atoms with Gasteiger partial charge in [-0.25, -0.2) is 0 Å². The Kier molecular flexibility index (Phi) is 6.92. The van der Waals surface area contributed by atoms with Crippen LogP contribution in [0.4, 0.5) is 0 Å². The van der Waals surface area contributed by atoms with Gasteiger partial charge in [0.2, 0.25) is 5.91 Å². The van der Waals surface area contributed by atoms with Crippen molar-refractivity contribution in [1.82, 2.24) is 9.80 Å². The van der Waals surface area contributed by atoms with Crippen molar-refractivity contribution in [2.45, 2.75) is 38.2 Å². The molecule has 0 bridgehead atoms. The van der Waals surface area contributed by atoms with Crippen LogP contribution in [0.25, 0.3) is 0 Å². The lowest BCUT2D eigenvalue weighted by molar-refractivity contribution is -0.131. The maximum Gasteiger partial charge on any atom is 0.236 e. The average molecular weight is 286 g/mol. The van der Waals surface area contributed by atoms with Gasteiger partial charge in [0.25, 0.3) is 0 Å². The lowest BCUT2D eigenvalue weighted by atomic mass is 9.79. The quantitative estimate of drug-likeness (QED) is 0.757. The van der Waals surface area contributed by atoms with Gasteiger partial charge in [0.15, 0.2) is 0 Å². The van der Waals surface area contributed by atoms with Gasteiger partial charge in [0.1, 0.15) is 0 Å². The Bertz CT molecular complexity index is 299. The molecule has 118 valence electrons. The van der Waals surface area contributed by atoms with E-state index in [1.807, 2.05) is 4.90 Å². The average Bonchev–Trinajstić information content (AvgIpc) is 2.39. The fourth-order valence-corrected chi connectivity index (χ4v) is 2.64. The molecule has 0 spiro atoms. The van der Waals surface area contributed by atoms with Gasteiger partial charge in [-0.3, -0.25) is 9.69 Å². The molecule has 0 unspecified atom stereocenters. The van der Waals surface area contributed by atoms with Crippen molar-refractivity contribution >= 4 is 5.91 Å². The van der Waals surface area contributed by atoms with Crippen molar-refractivity contribution < 1.29 is 14.6 Å². The number of amides is 1. The molecule has 0 aliphatic heterocycles. The molecule has 1 N–H and O–H groups in total. The molecule has 0 aromatic heterocycles. The Morgan fingerprint density at radius 3 is 2.45 bits per heavy atom. The summed E-state index contributed by atoms with van der Waals surface area (Å²) in [4.78, 5) is 15.5. The van der Waals surface area contributed by atoms with E-state index < -0.39 is 5.60 Å². The second-order valence-corrected chi connectivity index (χ2v) is 6.40. The number of carbonyl (C=O) groups excluding carboxylic acids is 1. The zero-order valence-corrected chi connectivity index (χ0v) is 13.4. The molecule has 1 saturated carbocycles. The molecule has 1 aliphatic carbocycles. The molecule has 5 heteroatoms. The van der Waals surface area contributed by atoms with Gasteiger partial charge in [0.05, 0.1) is 18.8 Å². The third-order valence-electron chi connectivity index (χ3n) is 4.19. The minimum absolute atomic E-state index is 0.0638. The monoisotopic (exact) mass is 286 g/mol. The SMILES string of the molecule is COCCN(CC(=O)N(C)C)CC1(O)CCC(C)CC1. The topological polar surface area (TPSA) is 53.0 Å².